The summed E-state index contributed by atoms with van der Waals surface area (Å²) < 4.78 is 2.15. The first-order valence-electron chi connectivity index (χ1n) is 7.76. The van der Waals surface area contributed by atoms with Crippen LogP contribution in [0.3, 0.4) is 0 Å². The minimum atomic E-state index is 0.157. The van der Waals surface area contributed by atoms with Gasteiger partial charge in [-0.05, 0) is 45.2 Å². The average molecular weight is 315 g/mol. The number of thioether (sulfide) groups is 1. The Kier molecular flexibility index (Phi) is 4.34. The van der Waals surface area contributed by atoms with Gasteiger partial charge in [0.15, 0.2) is 10.9 Å². The quantitative estimate of drug-likeness (QED) is 0.601. The molecular weight excluding hydrogens is 294 g/mol. The summed E-state index contributed by atoms with van der Waals surface area (Å²) in [5, 5.41) is 9.45. The number of Topliss-reactive ketones (excluding diaryl/α,β-unsaturated/α-hetero) is 1. The summed E-state index contributed by atoms with van der Waals surface area (Å²) in [6.07, 6.45) is 2.43. The third-order valence-corrected chi connectivity index (χ3v) is 5.00. The molecule has 116 valence electrons. The maximum absolute atomic E-state index is 12.5. The second-order valence-electron chi connectivity index (χ2n) is 5.89. The van der Waals surface area contributed by atoms with Gasteiger partial charge in [-0.1, -0.05) is 29.5 Å². The number of nitrogens with zero attached hydrogens (tertiary/aromatic N) is 3. The summed E-state index contributed by atoms with van der Waals surface area (Å²) in [5.41, 5.74) is 2.97. The summed E-state index contributed by atoms with van der Waals surface area (Å²) in [4.78, 5) is 12.5. The average Bonchev–Trinajstić information content (AvgIpc) is 3.27. The summed E-state index contributed by atoms with van der Waals surface area (Å²) in [5.74, 6) is 2.23. The molecule has 0 unspecified atom stereocenters. The van der Waals surface area contributed by atoms with E-state index in [0.29, 0.717) is 11.7 Å². The van der Waals surface area contributed by atoms with Crippen molar-refractivity contribution in [3.63, 3.8) is 0 Å². The van der Waals surface area contributed by atoms with Crippen LogP contribution in [0.2, 0.25) is 0 Å². The molecule has 0 N–H and O–H groups in total. The molecule has 1 aromatic heterocycles. The van der Waals surface area contributed by atoms with Crippen LogP contribution in [0.4, 0.5) is 0 Å². The first-order chi connectivity index (χ1) is 10.6. The van der Waals surface area contributed by atoms with Crippen LogP contribution >= 0.6 is 11.8 Å². The molecule has 0 amide bonds. The summed E-state index contributed by atoms with van der Waals surface area (Å²) >= 11 is 1.49. The van der Waals surface area contributed by atoms with Gasteiger partial charge in [0.25, 0.3) is 0 Å². The van der Waals surface area contributed by atoms with Gasteiger partial charge in [0.2, 0.25) is 0 Å². The number of rotatable bonds is 6. The number of ketones is 1. The van der Waals surface area contributed by atoms with Crippen LogP contribution in [0.5, 0.6) is 0 Å². The van der Waals surface area contributed by atoms with Crippen LogP contribution in [0.25, 0.3) is 0 Å². The van der Waals surface area contributed by atoms with Crippen molar-refractivity contribution in [3.8, 4) is 0 Å². The number of aromatic nitrogens is 3. The molecule has 3 rings (SSSR count). The Bertz CT molecular complexity index is 704. The van der Waals surface area contributed by atoms with Crippen molar-refractivity contribution in [2.75, 3.05) is 5.75 Å². The van der Waals surface area contributed by atoms with Crippen molar-refractivity contribution in [2.45, 2.75) is 51.2 Å². The largest absolute Gasteiger partial charge is 0.306 e. The maximum Gasteiger partial charge on any atom is 0.191 e. The van der Waals surface area contributed by atoms with Crippen LogP contribution in [-0.4, -0.2) is 26.3 Å². The molecule has 22 heavy (non-hydrogen) atoms. The fraction of sp³-hybridized carbons (Fsp3) is 0.471. The van der Waals surface area contributed by atoms with Crippen LogP contribution in [0, 0.1) is 13.8 Å². The van der Waals surface area contributed by atoms with Crippen molar-refractivity contribution in [1.29, 1.82) is 0 Å². The van der Waals surface area contributed by atoms with Crippen LogP contribution in [-0.2, 0) is 6.54 Å². The molecule has 1 heterocycles. The van der Waals surface area contributed by atoms with E-state index in [1.54, 1.807) is 0 Å². The molecule has 1 fully saturated rings. The first-order valence-corrected chi connectivity index (χ1v) is 8.75. The Morgan fingerprint density at radius 2 is 2.09 bits per heavy atom. The van der Waals surface area contributed by atoms with Gasteiger partial charge < -0.3 is 4.57 Å². The topological polar surface area (TPSA) is 47.8 Å². The van der Waals surface area contributed by atoms with Crippen molar-refractivity contribution in [2.24, 2.45) is 0 Å². The minimum absolute atomic E-state index is 0.157. The molecule has 0 radical (unpaired) electrons. The Balaban J connectivity index is 1.72. The molecule has 0 spiro atoms. The van der Waals surface area contributed by atoms with E-state index in [-0.39, 0.29) is 5.78 Å². The van der Waals surface area contributed by atoms with Gasteiger partial charge in [0.1, 0.15) is 5.82 Å². The summed E-state index contributed by atoms with van der Waals surface area (Å²) in [7, 11) is 0. The number of hydrogen-bond donors (Lipinski definition) is 0. The fourth-order valence-corrected chi connectivity index (χ4v) is 3.48. The smallest absolute Gasteiger partial charge is 0.191 e. The monoisotopic (exact) mass is 315 g/mol. The highest BCUT2D eigenvalue weighted by Crippen LogP contribution is 2.40. The number of carbonyl (C=O) groups is 1. The lowest BCUT2D eigenvalue weighted by atomic mass is 10.0. The second kappa shape index (κ2) is 6.24. The lowest BCUT2D eigenvalue weighted by molar-refractivity contribution is 0.102. The molecule has 1 aromatic carbocycles. The Morgan fingerprint density at radius 3 is 2.77 bits per heavy atom. The predicted octanol–water partition coefficient (Wildman–Crippen LogP) is 3.77. The highest BCUT2D eigenvalue weighted by molar-refractivity contribution is 7.99. The standard InChI is InChI=1S/C17H21N3OS/c1-4-20-16(13-7-8-13)18-19-17(20)22-10-15(21)14-9-11(2)5-6-12(14)3/h5-6,9,13H,4,7-8,10H2,1-3H3. The molecule has 1 aliphatic carbocycles. The Hall–Kier alpha value is -1.62. The van der Waals surface area contributed by atoms with E-state index in [1.165, 1.54) is 24.6 Å². The van der Waals surface area contributed by atoms with E-state index in [2.05, 4.69) is 21.7 Å². The lowest BCUT2D eigenvalue weighted by Gasteiger charge is -2.08. The number of aryl methyl sites for hydroxylation is 2. The van der Waals surface area contributed by atoms with Crippen molar-refractivity contribution < 1.29 is 4.79 Å². The fourth-order valence-electron chi connectivity index (χ4n) is 2.59. The van der Waals surface area contributed by atoms with E-state index in [9.17, 15) is 4.79 Å². The molecular formula is C17H21N3OS. The molecule has 5 heteroatoms. The van der Waals surface area contributed by atoms with Gasteiger partial charge >= 0.3 is 0 Å². The molecule has 0 aliphatic heterocycles. The van der Waals surface area contributed by atoms with E-state index in [1.807, 2.05) is 32.0 Å². The zero-order valence-corrected chi connectivity index (χ0v) is 14.1. The minimum Gasteiger partial charge on any atom is -0.306 e. The summed E-state index contributed by atoms with van der Waals surface area (Å²) in [6.45, 7) is 6.96. The highest BCUT2D eigenvalue weighted by Gasteiger charge is 2.30. The first kappa shape index (κ1) is 15.3. The molecule has 0 atom stereocenters. The SMILES string of the molecule is CCn1c(SCC(=O)c2cc(C)ccc2C)nnc1C1CC1. The molecule has 1 aliphatic rings. The Labute approximate surface area is 135 Å². The van der Waals surface area contributed by atoms with Gasteiger partial charge in [-0.2, -0.15) is 0 Å². The van der Waals surface area contributed by atoms with Gasteiger partial charge in [-0.25, -0.2) is 0 Å². The van der Waals surface area contributed by atoms with E-state index < -0.39 is 0 Å². The van der Waals surface area contributed by atoms with Gasteiger partial charge in [-0.3, -0.25) is 4.79 Å². The number of carbonyl (C=O) groups excluding carboxylic acids is 1. The highest BCUT2D eigenvalue weighted by atomic mass is 32.2. The normalized spacial score (nSPS) is 14.3. The van der Waals surface area contributed by atoms with Crippen LogP contribution in [0.1, 0.15) is 53.0 Å². The number of benzene rings is 1. The molecule has 0 saturated heterocycles. The second-order valence-corrected chi connectivity index (χ2v) is 6.83. The van der Waals surface area contributed by atoms with E-state index in [4.69, 9.17) is 0 Å². The molecule has 1 saturated carbocycles. The third-order valence-electron chi connectivity index (χ3n) is 4.03. The number of hydrogen-bond acceptors (Lipinski definition) is 4. The van der Waals surface area contributed by atoms with E-state index in [0.717, 1.165) is 34.2 Å². The molecule has 2 aromatic rings. The molecule has 4 nitrogen and oxygen atoms in total. The zero-order chi connectivity index (χ0) is 15.7. The van der Waals surface area contributed by atoms with Gasteiger partial charge in [0, 0.05) is 18.0 Å². The lowest BCUT2D eigenvalue weighted by Crippen LogP contribution is -2.07. The third kappa shape index (κ3) is 3.09. The van der Waals surface area contributed by atoms with Crippen LogP contribution in [0.15, 0.2) is 23.4 Å². The zero-order valence-electron chi connectivity index (χ0n) is 13.3. The van der Waals surface area contributed by atoms with E-state index >= 15 is 0 Å². The predicted molar refractivity (Wildman–Crippen MR) is 88.6 cm³/mol. The van der Waals surface area contributed by atoms with Crippen molar-refractivity contribution in [3.05, 3.63) is 40.7 Å². The maximum atomic E-state index is 12.5. The van der Waals surface area contributed by atoms with Gasteiger partial charge in [-0.15, -0.1) is 10.2 Å². The van der Waals surface area contributed by atoms with Gasteiger partial charge in [0.05, 0.1) is 5.75 Å². The summed E-state index contributed by atoms with van der Waals surface area (Å²) in [6, 6.07) is 6.01. The van der Waals surface area contributed by atoms with Crippen LogP contribution < -0.4 is 0 Å². The van der Waals surface area contributed by atoms with Crippen molar-refractivity contribution >= 4 is 17.5 Å². The Morgan fingerprint density at radius 1 is 1.32 bits per heavy atom. The van der Waals surface area contributed by atoms with Crippen molar-refractivity contribution in [1.82, 2.24) is 14.8 Å². The molecule has 0 bridgehead atoms.